The maximum absolute atomic E-state index is 6.71. The van der Waals surface area contributed by atoms with E-state index in [2.05, 4.69) is 201 Å². The van der Waals surface area contributed by atoms with Crippen molar-refractivity contribution in [3.8, 4) is 39.5 Å². The maximum Gasteiger partial charge on any atom is 0.216 e. The number of aromatic nitrogens is 5. The van der Waals surface area contributed by atoms with Crippen molar-refractivity contribution >= 4 is 57.3 Å². The molecule has 1 saturated carbocycles. The summed E-state index contributed by atoms with van der Waals surface area (Å²) in [5.74, 6) is 2.13. The van der Waals surface area contributed by atoms with E-state index in [1.807, 2.05) is 18.2 Å². The Labute approximate surface area is 447 Å². The number of aryl methyl sites for hydroxylation is 1. The summed E-state index contributed by atoms with van der Waals surface area (Å²) in [5, 5.41) is 4.62. The van der Waals surface area contributed by atoms with Crippen molar-refractivity contribution in [2.24, 2.45) is 11.3 Å². The van der Waals surface area contributed by atoms with Crippen molar-refractivity contribution < 1.29 is 24.5 Å². The van der Waals surface area contributed by atoms with Crippen LogP contribution in [0.4, 0.5) is 0 Å². The first-order chi connectivity index (χ1) is 34.5. The summed E-state index contributed by atoms with van der Waals surface area (Å²) in [5.41, 5.74) is 16.9. The smallest absolute Gasteiger partial charge is 0.216 e. The number of nitrogens with zero attached hydrogens (tertiary/aromatic N) is 5. The molecule has 8 heteroatoms. The molecule has 5 aromatic heterocycles. The second kappa shape index (κ2) is 21.1. The van der Waals surface area contributed by atoms with Crippen molar-refractivity contribution in [3.63, 3.8) is 0 Å². The molecular weight excluding hydrogens is 1090 g/mol. The largest absolute Gasteiger partial charge is 0.486 e. The van der Waals surface area contributed by atoms with Crippen LogP contribution in [-0.2, 0) is 32.9 Å². The zero-order chi connectivity index (χ0) is 50.5. The van der Waals surface area contributed by atoms with E-state index in [0.29, 0.717) is 5.71 Å². The van der Waals surface area contributed by atoms with Crippen LogP contribution in [0.3, 0.4) is 0 Å². The third kappa shape index (κ3) is 10.8. The van der Waals surface area contributed by atoms with Crippen LogP contribution in [0.25, 0.3) is 83.5 Å². The normalized spacial score (nSPS) is 13.4. The van der Waals surface area contributed by atoms with Crippen LogP contribution in [0.2, 0.25) is 19.6 Å². The number of fused-ring (bicyclic) bond motifs is 6. The zero-order valence-corrected chi connectivity index (χ0v) is 48.0. The predicted molar refractivity (Wildman–Crippen MR) is 304 cm³/mol. The molecule has 5 heterocycles. The molecule has 0 atom stereocenters. The summed E-state index contributed by atoms with van der Waals surface area (Å²) in [4.78, 5) is 20.3. The molecule has 1 radical (unpaired) electrons. The van der Waals surface area contributed by atoms with Gasteiger partial charge in [-0.15, -0.1) is 54.1 Å². The van der Waals surface area contributed by atoms with E-state index < -0.39 is 8.07 Å². The Morgan fingerprint density at radius 3 is 2.12 bits per heavy atom. The number of rotatable bonds is 10. The second-order valence-electron chi connectivity index (χ2n) is 23.1. The Bertz CT molecular complexity index is 3550. The SMILES string of the molecule is C[Si](C)(C)c1cnc(-c2[c-]cccc2)cc1CC1CCCC1.Cc1ccc2ccc3nc(-c4[c-]ccc5c4oc4nc(CC(C)(C)C)ccc45)n(-c4c(C(C)C)cc(-c5ccccc5)cc4C(C)C)c3c2n1.[Ir]. The molecule has 0 saturated heterocycles. The third-order valence-electron chi connectivity index (χ3n) is 14.4. The number of hydrogen-bond donors (Lipinski definition) is 0. The van der Waals surface area contributed by atoms with Crippen molar-refractivity contribution in [1.29, 1.82) is 0 Å². The van der Waals surface area contributed by atoms with Crippen LogP contribution in [-0.4, -0.2) is 32.6 Å². The van der Waals surface area contributed by atoms with Crippen molar-refractivity contribution in [3.05, 3.63) is 168 Å². The number of benzene rings is 5. The average molecular weight is 1160 g/mol. The molecular formula is C65H69IrN5OSi-2. The van der Waals surface area contributed by atoms with Crippen LogP contribution in [0, 0.1) is 30.4 Å². The molecule has 10 aromatic rings. The topological polar surface area (TPSA) is 69.6 Å². The Hall–Kier alpha value is -6.05. The molecule has 1 aliphatic carbocycles. The van der Waals surface area contributed by atoms with Gasteiger partial charge in [0.1, 0.15) is 0 Å². The zero-order valence-electron chi connectivity index (χ0n) is 44.6. The van der Waals surface area contributed by atoms with Crippen molar-refractivity contribution in [2.45, 2.75) is 125 Å². The molecule has 0 amide bonds. The van der Waals surface area contributed by atoms with Gasteiger partial charge in [-0.25, -0.2) is 4.98 Å². The van der Waals surface area contributed by atoms with E-state index in [9.17, 15) is 0 Å². The van der Waals surface area contributed by atoms with Gasteiger partial charge >= 0.3 is 0 Å². The van der Waals surface area contributed by atoms with Gasteiger partial charge in [0, 0.05) is 54.1 Å². The third-order valence-corrected chi connectivity index (χ3v) is 16.5. The minimum Gasteiger partial charge on any atom is -0.486 e. The quantitative estimate of drug-likeness (QED) is 0.101. The van der Waals surface area contributed by atoms with E-state index >= 15 is 0 Å². The molecule has 375 valence electrons. The predicted octanol–water partition coefficient (Wildman–Crippen LogP) is 17.0. The van der Waals surface area contributed by atoms with Crippen LogP contribution >= 0.6 is 0 Å². The van der Waals surface area contributed by atoms with E-state index in [4.69, 9.17) is 24.4 Å². The Morgan fingerprint density at radius 2 is 1.45 bits per heavy atom. The average Bonchev–Trinajstić information content (AvgIpc) is 4.11. The van der Waals surface area contributed by atoms with Gasteiger partial charge in [0.05, 0.1) is 36.0 Å². The Morgan fingerprint density at radius 1 is 0.740 bits per heavy atom. The molecule has 73 heavy (non-hydrogen) atoms. The first kappa shape index (κ1) is 51.8. The molecule has 0 aliphatic heterocycles. The van der Waals surface area contributed by atoms with Crippen LogP contribution < -0.4 is 5.19 Å². The fraction of sp³-hybridized carbons (Fsp3) is 0.323. The van der Waals surface area contributed by atoms with Crippen LogP contribution in [0.15, 0.2) is 132 Å². The van der Waals surface area contributed by atoms with Gasteiger partial charge in [0.15, 0.2) is 0 Å². The minimum absolute atomic E-state index is 0. The van der Waals surface area contributed by atoms with E-state index in [1.54, 1.807) is 10.8 Å². The molecule has 11 rings (SSSR count). The first-order valence-corrected chi connectivity index (χ1v) is 29.7. The fourth-order valence-electron chi connectivity index (χ4n) is 10.9. The summed E-state index contributed by atoms with van der Waals surface area (Å²) in [7, 11) is -1.35. The van der Waals surface area contributed by atoms with Crippen LogP contribution in [0.1, 0.15) is 114 Å². The molecule has 0 unspecified atom stereocenters. The summed E-state index contributed by atoms with van der Waals surface area (Å²) >= 11 is 0. The van der Waals surface area contributed by atoms with Gasteiger partial charge in [-0.05, 0) is 112 Å². The second-order valence-corrected chi connectivity index (χ2v) is 28.1. The fourth-order valence-corrected chi connectivity index (χ4v) is 12.5. The Kier molecular flexibility index (Phi) is 14.9. The van der Waals surface area contributed by atoms with E-state index in [0.717, 1.165) is 90.4 Å². The summed E-state index contributed by atoms with van der Waals surface area (Å²) in [6.07, 6.45) is 9.90. The minimum atomic E-state index is -1.35. The molecule has 0 N–H and O–H groups in total. The van der Waals surface area contributed by atoms with Gasteiger partial charge < -0.3 is 14.0 Å². The van der Waals surface area contributed by atoms with E-state index in [1.165, 1.54) is 54.4 Å². The molecule has 1 fully saturated rings. The monoisotopic (exact) mass is 1160 g/mol. The summed E-state index contributed by atoms with van der Waals surface area (Å²) < 4.78 is 9.07. The molecule has 0 bridgehead atoms. The summed E-state index contributed by atoms with van der Waals surface area (Å²) in [6, 6.07) is 49.7. The van der Waals surface area contributed by atoms with Gasteiger partial charge in [0.2, 0.25) is 5.71 Å². The van der Waals surface area contributed by atoms with Crippen LogP contribution in [0.5, 0.6) is 0 Å². The summed E-state index contributed by atoms with van der Waals surface area (Å²) in [6.45, 7) is 25.2. The van der Waals surface area contributed by atoms with Gasteiger partial charge in [-0.3, -0.25) is 9.97 Å². The molecule has 5 aromatic carbocycles. The molecule has 6 nitrogen and oxygen atoms in total. The standard InChI is InChI=1S/C45H43N4O.C20H26NSi.Ir/c1-26(2)36-23-31(29-13-10-9-11-14-29)24-37(27(3)4)40(36)49-41-38(22-19-30-18-17-28(5)46-39(30)41)48-43(49)35-16-12-15-33-34-21-20-32(25-45(6,7)8)47-44(34)50-42(33)35;1-22(2,3)20-15-21-19(17-11-5-4-6-12-17)14-18(20)13-16-9-7-8-10-16;/h9-15,17-24,26-27H,25H2,1-8H3;4-6,11,14-16H,7-10,13H2,1-3H3;/q2*-1;. The Balaban J connectivity index is 0.000000239. The van der Waals surface area contributed by atoms with Gasteiger partial charge in [-0.1, -0.05) is 159 Å². The van der Waals surface area contributed by atoms with Crippen molar-refractivity contribution in [2.75, 3.05) is 0 Å². The van der Waals surface area contributed by atoms with Gasteiger partial charge in [0.25, 0.3) is 0 Å². The molecule has 1 aliphatic rings. The number of hydrogen-bond acceptors (Lipinski definition) is 5. The number of imidazole rings is 1. The van der Waals surface area contributed by atoms with Crippen molar-refractivity contribution in [1.82, 2.24) is 24.5 Å². The number of furan rings is 1. The molecule has 0 spiro atoms. The number of pyridine rings is 3. The first-order valence-electron chi connectivity index (χ1n) is 26.2. The van der Waals surface area contributed by atoms with E-state index in [-0.39, 0.29) is 37.4 Å². The van der Waals surface area contributed by atoms with Gasteiger partial charge in [-0.2, -0.15) is 0 Å². The maximum atomic E-state index is 6.71.